The summed E-state index contributed by atoms with van der Waals surface area (Å²) in [4.78, 5) is 14.7. The van der Waals surface area contributed by atoms with Crippen LogP contribution in [0.5, 0.6) is 5.75 Å². The van der Waals surface area contributed by atoms with E-state index in [4.69, 9.17) is 4.74 Å². The molecular weight excluding hydrogens is 234 g/mol. The largest absolute Gasteiger partial charge is 0.494 e. The molecule has 1 heterocycles. The summed E-state index contributed by atoms with van der Waals surface area (Å²) in [5.74, 6) is 0.872. The van der Waals surface area contributed by atoms with E-state index < -0.39 is 0 Å². The van der Waals surface area contributed by atoms with Crippen LogP contribution in [0, 0.1) is 0 Å². The number of ether oxygens (including phenoxy) is 1. The van der Waals surface area contributed by atoms with Gasteiger partial charge in [-0.3, -0.25) is 4.79 Å². The van der Waals surface area contributed by atoms with Gasteiger partial charge >= 0.3 is 0 Å². The molecule has 0 atom stereocenters. The quantitative estimate of drug-likeness (QED) is 0.762. The molecule has 0 unspecified atom stereocenters. The zero-order chi connectivity index (χ0) is 12.1. The van der Waals surface area contributed by atoms with E-state index in [0.717, 1.165) is 29.0 Å². The van der Waals surface area contributed by atoms with Gasteiger partial charge in [0.2, 0.25) is 0 Å². The zero-order valence-electron chi connectivity index (χ0n) is 9.55. The summed E-state index contributed by atoms with van der Waals surface area (Å²) in [7, 11) is 0. The zero-order valence-corrected chi connectivity index (χ0v) is 10.4. The Morgan fingerprint density at radius 1 is 1.47 bits per heavy atom. The van der Waals surface area contributed by atoms with Gasteiger partial charge in [0.05, 0.1) is 11.6 Å². The first-order valence-electron chi connectivity index (χ1n) is 5.43. The molecule has 1 aromatic heterocycles. The van der Waals surface area contributed by atoms with E-state index in [1.54, 1.807) is 5.38 Å². The molecule has 17 heavy (non-hydrogen) atoms. The van der Waals surface area contributed by atoms with Crippen LogP contribution in [0.1, 0.15) is 28.0 Å². The molecule has 0 fully saturated rings. The number of aldehydes is 1. The fraction of sp³-hybridized carbons (Fsp3) is 0.231. The molecule has 88 valence electrons. The Balaban J connectivity index is 2.12. The minimum atomic E-state index is 0.506. The van der Waals surface area contributed by atoms with E-state index in [1.807, 2.05) is 31.2 Å². The maximum absolute atomic E-state index is 10.5. The second-order valence-electron chi connectivity index (χ2n) is 3.54. The lowest BCUT2D eigenvalue weighted by atomic mass is 10.1. The van der Waals surface area contributed by atoms with Gasteiger partial charge in [-0.05, 0) is 24.6 Å². The first-order valence-corrected chi connectivity index (χ1v) is 6.31. The van der Waals surface area contributed by atoms with Crippen molar-refractivity contribution in [2.24, 2.45) is 0 Å². The Labute approximate surface area is 104 Å². The summed E-state index contributed by atoms with van der Waals surface area (Å²) in [6, 6.07) is 7.94. The number of thiazole rings is 1. The van der Waals surface area contributed by atoms with Gasteiger partial charge in [0.25, 0.3) is 0 Å². The van der Waals surface area contributed by atoms with Crippen molar-refractivity contribution in [1.82, 2.24) is 4.98 Å². The summed E-state index contributed by atoms with van der Waals surface area (Å²) < 4.78 is 5.44. The van der Waals surface area contributed by atoms with E-state index in [2.05, 4.69) is 4.98 Å². The number of carbonyl (C=O) groups excluding carboxylic acids is 1. The summed E-state index contributed by atoms with van der Waals surface area (Å²) in [5, 5.41) is 2.72. The van der Waals surface area contributed by atoms with Crippen LogP contribution in [-0.4, -0.2) is 17.9 Å². The highest BCUT2D eigenvalue weighted by atomic mass is 32.1. The monoisotopic (exact) mass is 247 g/mol. The fourth-order valence-corrected chi connectivity index (χ4v) is 2.32. The van der Waals surface area contributed by atoms with Gasteiger partial charge < -0.3 is 4.74 Å². The smallest absolute Gasteiger partial charge is 0.169 e. The Morgan fingerprint density at radius 3 is 3.06 bits per heavy atom. The number of aromatic nitrogens is 1. The highest BCUT2D eigenvalue weighted by Gasteiger charge is 2.03. The van der Waals surface area contributed by atoms with Crippen LogP contribution in [-0.2, 0) is 6.42 Å². The van der Waals surface area contributed by atoms with Crippen molar-refractivity contribution in [3.63, 3.8) is 0 Å². The number of nitrogens with zero attached hydrogens (tertiary/aromatic N) is 1. The normalized spacial score (nSPS) is 10.2. The van der Waals surface area contributed by atoms with Crippen molar-refractivity contribution in [3.05, 3.63) is 45.9 Å². The number of rotatable bonds is 5. The number of hydrogen-bond donors (Lipinski definition) is 0. The molecule has 1 aromatic carbocycles. The Morgan fingerprint density at radius 2 is 2.35 bits per heavy atom. The number of hydrogen-bond acceptors (Lipinski definition) is 4. The lowest BCUT2D eigenvalue weighted by Gasteiger charge is -2.04. The van der Waals surface area contributed by atoms with Gasteiger partial charge in [-0.1, -0.05) is 12.1 Å². The van der Waals surface area contributed by atoms with Crippen LogP contribution >= 0.6 is 11.3 Å². The third-order valence-electron chi connectivity index (χ3n) is 2.26. The lowest BCUT2D eigenvalue weighted by Crippen LogP contribution is -1.93. The second kappa shape index (κ2) is 5.59. The third-order valence-corrected chi connectivity index (χ3v) is 3.12. The predicted molar refractivity (Wildman–Crippen MR) is 67.9 cm³/mol. The summed E-state index contributed by atoms with van der Waals surface area (Å²) in [6.07, 6.45) is 1.51. The Bertz CT molecular complexity index is 508. The minimum Gasteiger partial charge on any atom is -0.494 e. The molecule has 0 bridgehead atoms. The van der Waals surface area contributed by atoms with Crippen LogP contribution in [0.2, 0.25) is 0 Å². The van der Waals surface area contributed by atoms with Gasteiger partial charge in [0, 0.05) is 11.8 Å². The van der Waals surface area contributed by atoms with Crippen LogP contribution in [0.25, 0.3) is 0 Å². The van der Waals surface area contributed by atoms with Crippen molar-refractivity contribution < 1.29 is 9.53 Å². The molecular formula is C13H13NO2S. The van der Waals surface area contributed by atoms with Crippen molar-refractivity contribution in [1.29, 1.82) is 0 Å². The molecule has 2 rings (SSSR count). The molecule has 0 amide bonds. The molecule has 0 N–H and O–H groups in total. The molecule has 3 nitrogen and oxygen atoms in total. The molecule has 0 radical (unpaired) electrons. The standard InChI is InChI=1S/C13H13NO2S/c1-2-16-12-5-3-4-10(6-12)7-13-14-11(8-15)9-17-13/h3-6,8-9H,2,7H2,1H3. The average molecular weight is 247 g/mol. The molecule has 0 aliphatic heterocycles. The third kappa shape index (κ3) is 3.14. The van der Waals surface area contributed by atoms with Gasteiger partial charge in [-0.15, -0.1) is 11.3 Å². The molecule has 0 saturated carbocycles. The molecule has 0 saturated heterocycles. The second-order valence-corrected chi connectivity index (χ2v) is 4.48. The van der Waals surface area contributed by atoms with E-state index in [1.165, 1.54) is 11.3 Å². The van der Waals surface area contributed by atoms with Gasteiger partial charge in [0.15, 0.2) is 6.29 Å². The van der Waals surface area contributed by atoms with Crippen molar-refractivity contribution in [2.45, 2.75) is 13.3 Å². The van der Waals surface area contributed by atoms with Crippen molar-refractivity contribution >= 4 is 17.6 Å². The van der Waals surface area contributed by atoms with Crippen molar-refractivity contribution in [3.8, 4) is 5.75 Å². The first kappa shape index (κ1) is 11.8. The van der Waals surface area contributed by atoms with Crippen LogP contribution in [0.4, 0.5) is 0 Å². The summed E-state index contributed by atoms with van der Waals surface area (Å²) >= 11 is 1.50. The summed E-state index contributed by atoms with van der Waals surface area (Å²) in [5.41, 5.74) is 1.65. The summed E-state index contributed by atoms with van der Waals surface area (Å²) in [6.45, 7) is 2.62. The topological polar surface area (TPSA) is 39.2 Å². The molecule has 0 aliphatic rings. The average Bonchev–Trinajstić information content (AvgIpc) is 2.78. The minimum absolute atomic E-state index is 0.506. The van der Waals surface area contributed by atoms with Gasteiger partial charge in [-0.25, -0.2) is 4.98 Å². The van der Waals surface area contributed by atoms with E-state index in [9.17, 15) is 4.79 Å². The maximum atomic E-state index is 10.5. The molecule has 2 aromatic rings. The number of benzene rings is 1. The van der Waals surface area contributed by atoms with E-state index in [-0.39, 0.29) is 0 Å². The van der Waals surface area contributed by atoms with Crippen LogP contribution in [0.15, 0.2) is 29.6 Å². The Hall–Kier alpha value is -1.68. The molecule has 4 heteroatoms. The highest BCUT2D eigenvalue weighted by Crippen LogP contribution is 2.18. The number of carbonyl (C=O) groups is 1. The first-order chi connectivity index (χ1) is 8.31. The van der Waals surface area contributed by atoms with Gasteiger partial charge in [-0.2, -0.15) is 0 Å². The van der Waals surface area contributed by atoms with Crippen molar-refractivity contribution in [2.75, 3.05) is 6.61 Å². The van der Waals surface area contributed by atoms with Crippen LogP contribution < -0.4 is 4.74 Å². The van der Waals surface area contributed by atoms with Gasteiger partial charge in [0.1, 0.15) is 11.4 Å². The maximum Gasteiger partial charge on any atom is 0.169 e. The van der Waals surface area contributed by atoms with Crippen LogP contribution in [0.3, 0.4) is 0 Å². The van der Waals surface area contributed by atoms with E-state index >= 15 is 0 Å². The SMILES string of the molecule is CCOc1cccc(Cc2nc(C=O)cs2)c1. The predicted octanol–water partition coefficient (Wildman–Crippen LogP) is 2.95. The lowest BCUT2D eigenvalue weighted by molar-refractivity contribution is 0.111. The fourth-order valence-electron chi connectivity index (χ4n) is 1.55. The highest BCUT2D eigenvalue weighted by molar-refractivity contribution is 7.09. The van der Waals surface area contributed by atoms with E-state index in [0.29, 0.717) is 12.3 Å². The Kier molecular flexibility index (Phi) is 3.88. The molecule has 0 spiro atoms. The molecule has 0 aliphatic carbocycles.